The van der Waals surface area contributed by atoms with Crippen molar-refractivity contribution in [3.63, 3.8) is 0 Å². The van der Waals surface area contributed by atoms with Crippen LogP contribution in [-0.2, 0) is 25.5 Å². The van der Waals surface area contributed by atoms with E-state index in [0.717, 1.165) is 45.6 Å². The fraction of sp³-hybridized carbons (Fsp3) is 0.636. The van der Waals surface area contributed by atoms with E-state index in [2.05, 4.69) is 21.9 Å². The third-order valence-corrected chi connectivity index (χ3v) is 5.89. The maximum atomic E-state index is 12.9. The fourth-order valence-corrected chi connectivity index (χ4v) is 4.28. The lowest BCUT2D eigenvalue weighted by Crippen LogP contribution is -2.53. The van der Waals surface area contributed by atoms with E-state index in [1.807, 2.05) is 18.2 Å². The van der Waals surface area contributed by atoms with Crippen molar-refractivity contribution >= 4 is 11.9 Å². The molecule has 1 aromatic rings. The number of aliphatic carboxylic acids is 1. The zero-order chi connectivity index (χ0) is 23.7. The topological polar surface area (TPSA) is 79.3 Å². The Balaban J connectivity index is 0.000000451. The van der Waals surface area contributed by atoms with Crippen LogP contribution < -0.4 is 0 Å². The molecule has 0 aromatic heterocycles. The van der Waals surface area contributed by atoms with Gasteiger partial charge in [0.05, 0.1) is 18.8 Å². The van der Waals surface area contributed by atoms with Crippen LogP contribution in [0.5, 0.6) is 0 Å². The van der Waals surface area contributed by atoms with Crippen molar-refractivity contribution in [2.24, 2.45) is 5.92 Å². The van der Waals surface area contributed by atoms with Crippen LogP contribution in [0.2, 0.25) is 0 Å². The summed E-state index contributed by atoms with van der Waals surface area (Å²) in [6, 6.07) is 10.5. The summed E-state index contributed by atoms with van der Waals surface area (Å²) in [6.07, 6.45) is -2.49. The van der Waals surface area contributed by atoms with Gasteiger partial charge < -0.3 is 19.5 Å². The van der Waals surface area contributed by atoms with Gasteiger partial charge in [0.2, 0.25) is 5.91 Å². The minimum Gasteiger partial charge on any atom is -0.475 e. The maximum absolute atomic E-state index is 12.9. The van der Waals surface area contributed by atoms with Crippen LogP contribution in [0.3, 0.4) is 0 Å². The van der Waals surface area contributed by atoms with Crippen molar-refractivity contribution in [3.8, 4) is 0 Å². The molecule has 7 nitrogen and oxygen atoms in total. The molecule has 1 N–H and O–H groups in total. The molecule has 10 heteroatoms. The normalized spacial score (nSPS) is 23.3. The van der Waals surface area contributed by atoms with E-state index in [-0.39, 0.29) is 18.1 Å². The largest absolute Gasteiger partial charge is 0.490 e. The SMILES string of the molecule is COCCN1C[C@@H]2[C@@H](OC)CCN(C(=O)CCc3ccccc3)[C@@H]2C1.O=C(O)C(F)(F)F. The second kappa shape index (κ2) is 12.2. The third-order valence-electron chi connectivity index (χ3n) is 5.89. The minimum atomic E-state index is -5.08. The van der Waals surface area contributed by atoms with Crippen LogP contribution in [0.25, 0.3) is 0 Å². The molecular weight excluding hydrogens is 429 g/mol. The molecule has 1 amide bonds. The van der Waals surface area contributed by atoms with Gasteiger partial charge in [-0.1, -0.05) is 30.3 Å². The van der Waals surface area contributed by atoms with Crippen LogP contribution in [0.1, 0.15) is 18.4 Å². The van der Waals surface area contributed by atoms with Crippen molar-refractivity contribution in [2.45, 2.75) is 37.6 Å². The summed E-state index contributed by atoms with van der Waals surface area (Å²) >= 11 is 0. The molecule has 0 radical (unpaired) electrons. The molecule has 3 rings (SSSR count). The van der Waals surface area contributed by atoms with Crippen LogP contribution in [0.15, 0.2) is 30.3 Å². The van der Waals surface area contributed by atoms with Crippen molar-refractivity contribution in [1.82, 2.24) is 9.80 Å². The zero-order valence-corrected chi connectivity index (χ0v) is 18.4. The van der Waals surface area contributed by atoms with Gasteiger partial charge in [-0.25, -0.2) is 4.79 Å². The molecule has 0 bridgehead atoms. The van der Waals surface area contributed by atoms with Crippen LogP contribution in [-0.4, -0.2) is 92.1 Å². The predicted molar refractivity (Wildman–Crippen MR) is 111 cm³/mol. The summed E-state index contributed by atoms with van der Waals surface area (Å²) in [6.45, 7) is 4.40. The van der Waals surface area contributed by atoms with Crippen molar-refractivity contribution in [3.05, 3.63) is 35.9 Å². The molecule has 0 aliphatic carbocycles. The number of carbonyl (C=O) groups excluding carboxylic acids is 1. The van der Waals surface area contributed by atoms with Gasteiger partial charge in [-0.05, 0) is 18.4 Å². The van der Waals surface area contributed by atoms with E-state index in [1.165, 1.54) is 5.56 Å². The van der Waals surface area contributed by atoms with Crippen LogP contribution >= 0.6 is 0 Å². The van der Waals surface area contributed by atoms with E-state index in [9.17, 15) is 18.0 Å². The Labute approximate surface area is 186 Å². The van der Waals surface area contributed by atoms with E-state index < -0.39 is 12.1 Å². The van der Waals surface area contributed by atoms with Gasteiger partial charge in [0, 0.05) is 52.7 Å². The van der Waals surface area contributed by atoms with Gasteiger partial charge in [0.1, 0.15) is 0 Å². The molecule has 180 valence electrons. The number of hydrogen-bond donors (Lipinski definition) is 1. The number of alkyl halides is 3. The van der Waals surface area contributed by atoms with Crippen LogP contribution in [0, 0.1) is 5.92 Å². The Morgan fingerprint density at radius 1 is 1.16 bits per heavy atom. The number of methoxy groups -OCH3 is 2. The monoisotopic (exact) mass is 460 g/mol. The highest BCUT2D eigenvalue weighted by Crippen LogP contribution is 2.33. The number of carbonyl (C=O) groups is 2. The number of amides is 1. The molecule has 32 heavy (non-hydrogen) atoms. The third kappa shape index (κ3) is 7.46. The number of rotatable bonds is 7. The zero-order valence-electron chi connectivity index (χ0n) is 18.4. The molecular formula is C22H31F3N2O5. The first kappa shape index (κ1) is 26.1. The molecule has 2 aliphatic rings. The van der Waals surface area contributed by atoms with Gasteiger partial charge in [-0.3, -0.25) is 9.69 Å². The van der Waals surface area contributed by atoms with Gasteiger partial charge >= 0.3 is 12.1 Å². The number of nitrogens with zero attached hydrogens (tertiary/aromatic N) is 2. The summed E-state index contributed by atoms with van der Waals surface area (Å²) < 4.78 is 42.7. The number of fused-ring (bicyclic) bond motifs is 1. The first-order valence-corrected chi connectivity index (χ1v) is 10.5. The Bertz CT molecular complexity index is 732. The van der Waals surface area contributed by atoms with Crippen molar-refractivity contribution < 1.29 is 37.3 Å². The summed E-state index contributed by atoms with van der Waals surface area (Å²) in [5.41, 5.74) is 1.23. The summed E-state index contributed by atoms with van der Waals surface area (Å²) in [5, 5.41) is 7.12. The lowest BCUT2D eigenvalue weighted by Gasteiger charge is -2.41. The molecule has 1 aromatic carbocycles. The average Bonchev–Trinajstić information content (AvgIpc) is 3.20. The van der Waals surface area contributed by atoms with Gasteiger partial charge in [-0.15, -0.1) is 0 Å². The number of halogens is 3. The Kier molecular flexibility index (Phi) is 9.92. The molecule has 3 atom stereocenters. The maximum Gasteiger partial charge on any atom is 0.490 e. The number of benzene rings is 1. The second-order valence-electron chi connectivity index (χ2n) is 7.92. The summed E-state index contributed by atoms with van der Waals surface area (Å²) in [4.78, 5) is 26.3. The summed E-state index contributed by atoms with van der Waals surface area (Å²) in [7, 11) is 3.53. The van der Waals surface area contributed by atoms with Gasteiger partial charge in [0.15, 0.2) is 0 Å². The number of ether oxygens (including phenoxy) is 2. The second-order valence-corrected chi connectivity index (χ2v) is 7.92. The van der Waals surface area contributed by atoms with E-state index in [4.69, 9.17) is 19.4 Å². The highest BCUT2D eigenvalue weighted by Gasteiger charge is 2.45. The molecule has 0 unspecified atom stereocenters. The predicted octanol–water partition coefficient (Wildman–Crippen LogP) is 2.45. The van der Waals surface area contributed by atoms with E-state index in [1.54, 1.807) is 14.2 Å². The Morgan fingerprint density at radius 2 is 1.81 bits per heavy atom. The smallest absolute Gasteiger partial charge is 0.475 e. The quantitative estimate of drug-likeness (QED) is 0.674. The minimum absolute atomic E-state index is 0.260. The van der Waals surface area contributed by atoms with E-state index >= 15 is 0 Å². The molecule has 2 heterocycles. The number of carboxylic acids is 1. The van der Waals surface area contributed by atoms with E-state index in [0.29, 0.717) is 12.3 Å². The van der Waals surface area contributed by atoms with Crippen molar-refractivity contribution in [1.29, 1.82) is 0 Å². The number of carboxylic acid groups (broad SMARTS) is 1. The lowest BCUT2D eigenvalue weighted by atomic mass is 9.88. The molecule has 2 fully saturated rings. The molecule has 2 aliphatic heterocycles. The Hall–Kier alpha value is -2.17. The van der Waals surface area contributed by atoms with Gasteiger partial charge in [-0.2, -0.15) is 13.2 Å². The number of piperidine rings is 1. The lowest BCUT2D eigenvalue weighted by molar-refractivity contribution is -0.192. The highest BCUT2D eigenvalue weighted by atomic mass is 19.4. The fourth-order valence-electron chi connectivity index (χ4n) is 4.28. The first-order valence-electron chi connectivity index (χ1n) is 10.5. The molecule has 2 saturated heterocycles. The van der Waals surface area contributed by atoms with Crippen molar-refractivity contribution in [2.75, 3.05) is 47.0 Å². The van der Waals surface area contributed by atoms with Crippen LogP contribution in [0.4, 0.5) is 13.2 Å². The highest BCUT2D eigenvalue weighted by molar-refractivity contribution is 5.77. The molecule has 0 saturated carbocycles. The molecule has 0 spiro atoms. The first-order chi connectivity index (χ1) is 15.2. The average molecular weight is 460 g/mol. The number of hydrogen-bond acceptors (Lipinski definition) is 5. The standard InChI is InChI=1S/C20H30N2O3.C2HF3O2/c1-24-13-12-21-14-17-18(15-21)22(11-10-19(17)25-2)20(23)9-8-16-6-4-3-5-7-16;3-2(4,5)1(6)7/h3-7,17-19H,8-15H2,1-2H3;(H,6,7)/t17-,18+,19-;/m0./s1. The van der Waals surface area contributed by atoms with Gasteiger partial charge in [0.25, 0.3) is 0 Å². The number of aryl methyl sites for hydroxylation is 1. The Morgan fingerprint density at radius 3 is 2.38 bits per heavy atom. The number of likely N-dealkylation sites (tertiary alicyclic amines) is 2. The summed E-state index contributed by atoms with van der Waals surface area (Å²) in [5.74, 6) is -2.06.